The van der Waals surface area contributed by atoms with Crippen molar-refractivity contribution in [3.63, 3.8) is 0 Å². The third-order valence-electron chi connectivity index (χ3n) is 3.68. The van der Waals surface area contributed by atoms with Gasteiger partial charge in [0.2, 0.25) is 0 Å². The van der Waals surface area contributed by atoms with E-state index in [4.69, 9.17) is 20.5 Å². The van der Waals surface area contributed by atoms with Crippen molar-refractivity contribution in [3.8, 4) is 11.8 Å². The third-order valence-corrected chi connectivity index (χ3v) is 3.68. The monoisotopic (exact) mass is 367 g/mol. The van der Waals surface area contributed by atoms with Crippen molar-refractivity contribution in [2.45, 2.75) is 20.0 Å². The summed E-state index contributed by atoms with van der Waals surface area (Å²) >= 11 is 0. The largest absolute Gasteiger partial charge is 0.489 e. The first-order valence-electron chi connectivity index (χ1n) is 8.48. The number of amides is 1. The summed E-state index contributed by atoms with van der Waals surface area (Å²) in [4.78, 5) is 23.6. The Kier molecular flexibility index (Phi) is 7.20. The Labute approximate surface area is 157 Å². The fraction of sp³-hybridized carbons (Fsp3) is 0.250. The number of nitriles is 1. The molecule has 0 bridgehead atoms. The average Bonchev–Trinajstić information content (AvgIpc) is 2.67. The van der Waals surface area contributed by atoms with Crippen LogP contribution in [0, 0.1) is 11.3 Å². The first-order chi connectivity index (χ1) is 13.0. The lowest BCUT2D eigenvalue weighted by Gasteiger charge is -2.11. The quantitative estimate of drug-likeness (QED) is 0.547. The van der Waals surface area contributed by atoms with E-state index < -0.39 is 0 Å². The van der Waals surface area contributed by atoms with Gasteiger partial charge < -0.3 is 20.5 Å². The van der Waals surface area contributed by atoms with Crippen LogP contribution in [-0.4, -0.2) is 25.0 Å². The highest BCUT2D eigenvalue weighted by molar-refractivity contribution is 5.99. The Morgan fingerprint density at radius 1 is 1.19 bits per heavy atom. The predicted octanol–water partition coefficient (Wildman–Crippen LogP) is 2.40. The van der Waals surface area contributed by atoms with Gasteiger partial charge in [0.25, 0.3) is 5.91 Å². The molecule has 27 heavy (non-hydrogen) atoms. The second-order valence-corrected chi connectivity index (χ2v) is 5.66. The van der Waals surface area contributed by atoms with Crippen LogP contribution in [0.4, 0.5) is 5.69 Å². The fourth-order valence-corrected chi connectivity index (χ4v) is 2.27. The summed E-state index contributed by atoms with van der Waals surface area (Å²) in [6.07, 6.45) is 0.0916. The average molecular weight is 367 g/mol. The summed E-state index contributed by atoms with van der Waals surface area (Å²) in [6.45, 7) is 2.48. The van der Waals surface area contributed by atoms with Gasteiger partial charge in [0.15, 0.2) is 0 Å². The lowest BCUT2D eigenvalue weighted by atomic mass is 10.1. The topological polar surface area (TPSA) is 114 Å². The van der Waals surface area contributed by atoms with Gasteiger partial charge >= 0.3 is 5.97 Å². The van der Waals surface area contributed by atoms with E-state index >= 15 is 0 Å². The van der Waals surface area contributed by atoms with Gasteiger partial charge in [-0.15, -0.1) is 0 Å². The molecule has 7 nitrogen and oxygen atoms in total. The van der Waals surface area contributed by atoms with Crippen LogP contribution < -0.4 is 15.8 Å². The maximum atomic E-state index is 12.3. The van der Waals surface area contributed by atoms with Gasteiger partial charge in [-0.1, -0.05) is 12.1 Å². The summed E-state index contributed by atoms with van der Waals surface area (Å²) in [5.41, 5.74) is 7.93. The molecule has 1 amide bonds. The highest BCUT2D eigenvalue weighted by Gasteiger charge is 2.12. The van der Waals surface area contributed by atoms with Crippen LogP contribution in [0.5, 0.6) is 5.75 Å². The molecular formula is C20H21N3O4. The molecule has 2 aromatic rings. The van der Waals surface area contributed by atoms with Crippen molar-refractivity contribution in [2.24, 2.45) is 0 Å². The number of carbonyl (C=O) groups is 2. The van der Waals surface area contributed by atoms with Gasteiger partial charge in [-0.3, -0.25) is 9.59 Å². The highest BCUT2D eigenvalue weighted by Crippen LogP contribution is 2.21. The van der Waals surface area contributed by atoms with Gasteiger partial charge in [0.05, 0.1) is 30.2 Å². The molecule has 0 radical (unpaired) electrons. The number of esters is 1. The second kappa shape index (κ2) is 9.82. The van der Waals surface area contributed by atoms with Crippen molar-refractivity contribution in [2.75, 3.05) is 18.9 Å². The van der Waals surface area contributed by atoms with Crippen molar-refractivity contribution in [1.82, 2.24) is 5.32 Å². The number of ether oxygens (including phenoxy) is 2. The Morgan fingerprint density at radius 3 is 2.59 bits per heavy atom. The summed E-state index contributed by atoms with van der Waals surface area (Å²) < 4.78 is 10.5. The first kappa shape index (κ1) is 19.8. The third kappa shape index (κ3) is 6.04. The smallest absolute Gasteiger partial charge is 0.307 e. The molecule has 0 aliphatic carbocycles. The van der Waals surface area contributed by atoms with E-state index in [2.05, 4.69) is 11.4 Å². The zero-order valence-electron chi connectivity index (χ0n) is 15.0. The van der Waals surface area contributed by atoms with Crippen molar-refractivity contribution < 1.29 is 19.1 Å². The predicted molar refractivity (Wildman–Crippen MR) is 99.9 cm³/mol. The SMILES string of the molecule is CCOC(=O)CCNC(=O)c1cc(OCc2ccc(C#N)cc2)ccc1N. The standard InChI is InChI=1S/C20H21N3O4/c1-2-26-19(24)9-10-23-20(25)17-11-16(7-8-18(17)22)27-13-15-5-3-14(12-21)4-6-15/h3-8,11H,2,9-10,13,22H2,1H3,(H,23,25). The molecule has 0 aromatic heterocycles. The van der Waals surface area contributed by atoms with E-state index in [1.165, 1.54) is 0 Å². The number of hydrogen-bond acceptors (Lipinski definition) is 6. The molecule has 0 saturated heterocycles. The van der Waals surface area contributed by atoms with Gasteiger partial charge in [-0.05, 0) is 42.8 Å². The number of rotatable bonds is 8. The van der Waals surface area contributed by atoms with Crippen LogP contribution in [0.15, 0.2) is 42.5 Å². The Balaban J connectivity index is 1.94. The first-order valence-corrected chi connectivity index (χ1v) is 8.48. The molecule has 0 heterocycles. The Hall–Kier alpha value is -3.53. The normalized spacial score (nSPS) is 9.93. The van der Waals surface area contributed by atoms with Crippen LogP contribution in [0.2, 0.25) is 0 Å². The molecule has 2 aromatic carbocycles. The molecule has 7 heteroatoms. The molecule has 0 aliphatic heterocycles. The summed E-state index contributed by atoms with van der Waals surface area (Å²) in [6, 6.07) is 13.9. The molecule has 0 spiro atoms. The number of nitrogens with zero attached hydrogens (tertiary/aromatic N) is 1. The van der Waals surface area contributed by atoms with Crippen molar-refractivity contribution in [1.29, 1.82) is 5.26 Å². The van der Waals surface area contributed by atoms with Crippen molar-refractivity contribution in [3.05, 3.63) is 59.2 Å². The number of nitrogen functional groups attached to an aromatic ring is 1. The fourth-order valence-electron chi connectivity index (χ4n) is 2.27. The Morgan fingerprint density at radius 2 is 1.93 bits per heavy atom. The van der Waals surface area contributed by atoms with Crippen LogP contribution >= 0.6 is 0 Å². The van der Waals surface area contributed by atoms with Crippen LogP contribution in [-0.2, 0) is 16.1 Å². The zero-order valence-corrected chi connectivity index (χ0v) is 15.0. The highest BCUT2D eigenvalue weighted by atomic mass is 16.5. The van der Waals surface area contributed by atoms with Crippen LogP contribution in [0.3, 0.4) is 0 Å². The second-order valence-electron chi connectivity index (χ2n) is 5.66. The van der Waals surface area contributed by atoms with Gasteiger partial charge in [-0.25, -0.2) is 0 Å². The zero-order chi connectivity index (χ0) is 19.6. The number of benzene rings is 2. The van der Waals surface area contributed by atoms with E-state index in [0.29, 0.717) is 30.2 Å². The van der Waals surface area contributed by atoms with E-state index in [1.54, 1.807) is 49.4 Å². The van der Waals surface area contributed by atoms with Crippen LogP contribution in [0.25, 0.3) is 0 Å². The lowest BCUT2D eigenvalue weighted by Crippen LogP contribution is -2.27. The number of nitrogens with two attached hydrogens (primary N) is 1. The molecule has 0 aliphatic rings. The molecule has 3 N–H and O–H groups in total. The maximum Gasteiger partial charge on any atom is 0.307 e. The van der Waals surface area contributed by atoms with E-state index in [9.17, 15) is 9.59 Å². The van der Waals surface area contributed by atoms with Crippen LogP contribution in [0.1, 0.15) is 34.8 Å². The molecule has 2 rings (SSSR count). The summed E-state index contributed by atoms with van der Waals surface area (Å²) in [5, 5.41) is 11.4. The molecular weight excluding hydrogens is 346 g/mol. The molecule has 0 atom stereocenters. The van der Waals surface area contributed by atoms with Gasteiger partial charge in [0.1, 0.15) is 12.4 Å². The van der Waals surface area contributed by atoms with E-state index in [-0.39, 0.29) is 30.4 Å². The molecule has 0 fully saturated rings. The van der Waals surface area contributed by atoms with E-state index in [0.717, 1.165) is 5.56 Å². The number of nitrogens with one attached hydrogen (secondary N) is 1. The Bertz CT molecular complexity index is 841. The minimum atomic E-state index is -0.388. The molecule has 140 valence electrons. The van der Waals surface area contributed by atoms with E-state index in [1.807, 2.05) is 0 Å². The summed E-state index contributed by atoms with van der Waals surface area (Å²) in [5.74, 6) is -0.269. The number of hydrogen-bond donors (Lipinski definition) is 2. The lowest BCUT2D eigenvalue weighted by molar-refractivity contribution is -0.142. The van der Waals surface area contributed by atoms with Crippen molar-refractivity contribution >= 4 is 17.6 Å². The van der Waals surface area contributed by atoms with Gasteiger partial charge in [-0.2, -0.15) is 5.26 Å². The molecule has 0 unspecified atom stereocenters. The summed E-state index contributed by atoms with van der Waals surface area (Å²) in [7, 11) is 0. The minimum Gasteiger partial charge on any atom is -0.489 e. The number of carbonyl (C=O) groups excluding carboxylic acids is 2. The number of anilines is 1. The molecule has 0 saturated carbocycles. The van der Waals surface area contributed by atoms with Gasteiger partial charge in [0, 0.05) is 12.2 Å². The maximum absolute atomic E-state index is 12.3. The minimum absolute atomic E-state index is 0.0916.